The van der Waals surface area contributed by atoms with Crippen molar-refractivity contribution in [2.45, 2.75) is 25.3 Å². The van der Waals surface area contributed by atoms with E-state index in [4.69, 9.17) is 21.1 Å². The Labute approximate surface area is 219 Å². The third-order valence-electron chi connectivity index (χ3n) is 6.88. The Kier molecular flexibility index (Phi) is 7.51. The molecule has 3 heterocycles. The van der Waals surface area contributed by atoms with Crippen molar-refractivity contribution in [1.29, 1.82) is 0 Å². The van der Waals surface area contributed by atoms with Crippen LogP contribution in [0.5, 0.6) is 11.5 Å². The van der Waals surface area contributed by atoms with Crippen LogP contribution in [-0.4, -0.2) is 53.9 Å². The van der Waals surface area contributed by atoms with Crippen LogP contribution >= 0.6 is 22.9 Å². The third-order valence-corrected chi connectivity index (χ3v) is 8.10. The zero-order valence-electron chi connectivity index (χ0n) is 20.2. The lowest BCUT2D eigenvalue weighted by Crippen LogP contribution is -2.35. The summed E-state index contributed by atoms with van der Waals surface area (Å²) in [6.45, 7) is 4.00. The normalized spacial score (nSPS) is 14.8. The first-order valence-electron chi connectivity index (χ1n) is 12.1. The largest absolute Gasteiger partial charge is 0.497 e. The number of halogens is 1. The zero-order chi connectivity index (χ0) is 25.1. The number of carboxylic acid groups (broad SMARTS) is 1. The van der Waals surface area contributed by atoms with Crippen LogP contribution in [0.4, 0.5) is 0 Å². The predicted octanol–water partition coefficient (Wildman–Crippen LogP) is 6.37. The van der Waals surface area contributed by atoms with Gasteiger partial charge in [-0.1, -0.05) is 23.7 Å². The molecule has 1 fully saturated rings. The fourth-order valence-electron chi connectivity index (χ4n) is 5.01. The molecule has 0 amide bonds. The molecule has 0 radical (unpaired) electrons. The van der Waals surface area contributed by atoms with Crippen molar-refractivity contribution < 1.29 is 19.4 Å². The first-order valence-corrected chi connectivity index (χ1v) is 13.3. The maximum Gasteiger partial charge on any atom is 0.339 e. The van der Waals surface area contributed by atoms with E-state index in [2.05, 4.69) is 33.9 Å². The molecule has 2 aromatic carbocycles. The molecule has 1 aliphatic heterocycles. The van der Waals surface area contributed by atoms with E-state index in [-0.39, 0.29) is 5.56 Å². The van der Waals surface area contributed by atoms with Gasteiger partial charge in [0.05, 0.1) is 18.0 Å². The number of piperidine rings is 1. The second kappa shape index (κ2) is 10.9. The lowest BCUT2D eigenvalue weighted by Gasteiger charge is -2.31. The number of carboxylic acids is 1. The molecule has 1 aliphatic rings. The maximum atomic E-state index is 11.4. The molecule has 2 aromatic heterocycles. The average Bonchev–Trinajstić information content (AvgIpc) is 3.47. The molecule has 0 spiro atoms. The predicted molar refractivity (Wildman–Crippen MR) is 144 cm³/mol. The minimum absolute atomic E-state index is 0.202. The molecule has 0 aliphatic carbocycles. The molecule has 6 nitrogen and oxygen atoms in total. The molecule has 5 rings (SSSR count). The molecule has 0 atom stereocenters. The van der Waals surface area contributed by atoms with Gasteiger partial charge >= 0.3 is 5.97 Å². The van der Waals surface area contributed by atoms with Gasteiger partial charge in [-0.25, -0.2) is 4.79 Å². The fraction of sp³-hybridized carbons (Fsp3) is 0.321. The zero-order valence-corrected chi connectivity index (χ0v) is 21.7. The van der Waals surface area contributed by atoms with Crippen LogP contribution in [0, 0.1) is 0 Å². The number of hydrogen-bond donors (Lipinski definition) is 1. The molecule has 36 heavy (non-hydrogen) atoms. The van der Waals surface area contributed by atoms with Gasteiger partial charge in [0.25, 0.3) is 0 Å². The van der Waals surface area contributed by atoms with E-state index in [9.17, 15) is 9.90 Å². The third kappa shape index (κ3) is 5.38. The topological polar surface area (TPSA) is 63.9 Å². The van der Waals surface area contributed by atoms with Gasteiger partial charge in [-0.05, 0) is 79.9 Å². The maximum absolute atomic E-state index is 11.4. The summed E-state index contributed by atoms with van der Waals surface area (Å²) >= 11 is 7.79. The number of rotatable bonds is 9. The Morgan fingerprint density at radius 3 is 2.67 bits per heavy atom. The Morgan fingerprint density at radius 2 is 1.94 bits per heavy atom. The summed E-state index contributed by atoms with van der Waals surface area (Å²) in [5.41, 5.74) is 2.79. The molecule has 1 N–H and O–H groups in total. The van der Waals surface area contributed by atoms with E-state index in [1.807, 2.05) is 12.1 Å². The molecule has 0 bridgehead atoms. The van der Waals surface area contributed by atoms with E-state index in [1.165, 1.54) is 21.3 Å². The van der Waals surface area contributed by atoms with Crippen molar-refractivity contribution in [2.24, 2.45) is 0 Å². The van der Waals surface area contributed by atoms with Gasteiger partial charge in [-0.2, -0.15) is 0 Å². The smallest absolute Gasteiger partial charge is 0.339 e. The van der Waals surface area contributed by atoms with Gasteiger partial charge in [-0.3, -0.25) is 4.90 Å². The Balaban J connectivity index is 1.25. The Morgan fingerprint density at radius 1 is 1.14 bits per heavy atom. The lowest BCUT2D eigenvalue weighted by molar-refractivity contribution is 0.0691. The number of para-hydroxylation sites is 1. The number of fused-ring (bicyclic) bond motifs is 1. The molecule has 188 valence electrons. The summed E-state index contributed by atoms with van der Waals surface area (Å²) in [5, 5.41) is 10.6. The average molecular weight is 525 g/mol. The van der Waals surface area contributed by atoms with Crippen LogP contribution in [0.1, 0.15) is 39.6 Å². The van der Waals surface area contributed by atoms with E-state index in [1.54, 1.807) is 42.7 Å². The number of methoxy groups -OCH3 is 1. The summed E-state index contributed by atoms with van der Waals surface area (Å²) in [5.74, 6) is 0.799. The molecule has 8 heteroatoms. The van der Waals surface area contributed by atoms with Crippen molar-refractivity contribution in [3.63, 3.8) is 0 Å². The Bertz CT molecular complexity index is 1360. The molecule has 4 aromatic rings. The van der Waals surface area contributed by atoms with Crippen molar-refractivity contribution in [2.75, 3.05) is 33.4 Å². The van der Waals surface area contributed by atoms with Crippen LogP contribution in [0.15, 0.2) is 60.8 Å². The first-order chi connectivity index (χ1) is 17.5. The van der Waals surface area contributed by atoms with Crippen LogP contribution in [0.2, 0.25) is 4.34 Å². The number of ether oxygens (including phenoxy) is 2. The van der Waals surface area contributed by atoms with Crippen molar-refractivity contribution in [1.82, 2.24) is 9.47 Å². The van der Waals surface area contributed by atoms with Crippen molar-refractivity contribution >= 4 is 39.8 Å². The van der Waals surface area contributed by atoms with E-state index in [0.717, 1.165) is 49.1 Å². The number of benzene rings is 2. The monoisotopic (exact) mass is 524 g/mol. The van der Waals surface area contributed by atoms with Crippen molar-refractivity contribution in [3.8, 4) is 11.5 Å². The van der Waals surface area contributed by atoms with Gasteiger partial charge < -0.3 is 19.1 Å². The molecule has 0 saturated carbocycles. The minimum atomic E-state index is -0.968. The summed E-state index contributed by atoms with van der Waals surface area (Å²) in [6, 6.07) is 17.2. The highest BCUT2D eigenvalue weighted by molar-refractivity contribution is 7.16. The van der Waals surface area contributed by atoms with E-state index >= 15 is 0 Å². The van der Waals surface area contributed by atoms with E-state index < -0.39 is 5.97 Å². The van der Waals surface area contributed by atoms with Gasteiger partial charge in [0.1, 0.15) is 23.7 Å². The minimum Gasteiger partial charge on any atom is -0.497 e. The number of likely N-dealkylation sites (tertiary alicyclic amines) is 1. The quantitative estimate of drug-likeness (QED) is 0.275. The summed E-state index contributed by atoms with van der Waals surface area (Å²) < 4.78 is 14.5. The second-order valence-electron chi connectivity index (χ2n) is 9.07. The SMILES string of the molecule is COc1ccc2c(c1)c(C1CCN(CCOc3ccccc3C(=O)O)CC1)cn2Cc1ccc(Cl)s1. The summed E-state index contributed by atoms with van der Waals surface area (Å²) in [4.78, 5) is 15.0. The number of carbonyl (C=O) groups is 1. The van der Waals surface area contributed by atoms with Gasteiger partial charge in [-0.15, -0.1) is 11.3 Å². The first kappa shape index (κ1) is 24.7. The van der Waals surface area contributed by atoms with E-state index in [0.29, 0.717) is 18.3 Å². The highest BCUT2D eigenvalue weighted by Gasteiger charge is 2.24. The van der Waals surface area contributed by atoms with Crippen LogP contribution < -0.4 is 9.47 Å². The highest BCUT2D eigenvalue weighted by Crippen LogP contribution is 2.37. The number of aromatic carboxylic acids is 1. The fourth-order valence-corrected chi connectivity index (χ4v) is 6.10. The summed E-state index contributed by atoms with van der Waals surface area (Å²) in [6.07, 6.45) is 4.43. The lowest BCUT2D eigenvalue weighted by atomic mass is 9.89. The number of hydrogen-bond acceptors (Lipinski definition) is 5. The second-order valence-corrected chi connectivity index (χ2v) is 10.9. The highest BCUT2D eigenvalue weighted by atomic mass is 35.5. The molecule has 1 saturated heterocycles. The number of aromatic nitrogens is 1. The van der Waals surface area contributed by atoms with Crippen LogP contribution in [0.3, 0.4) is 0 Å². The van der Waals surface area contributed by atoms with Gasteiger partial charge in [0, 0.05) is 28.5 Å². The van der Waals surface area contributed by atoms with Gasteiger partial charge in [0.2, 0.25) is 0 Å². The molecule has 0 unspecified atom stereocenters. The summed E-state index contributed by atoms with van der Waals surface area (Å²) in [7, 11) is 1.71. The van der Waals surface area contributed by atoms with Crippen LogP contribution in [-0.2, 0) is 6.54 Å². The number of nitrogens with zero attached hydrogens (tertiary/aromatic N) is 2. The van der Waals surface area contributed by atoms with Crippen molar-refractivity contribution in [3.05, 3.63) is 81.1 Å². The molecular weight excluding hydrogens is 496 g/mol. The van der Waals surface area contributed by atoms with Crippen LogP contribution in [0.25, 0.3) is 10.9 Å². The molecular formula is C28H29ClN2O4S. The van der Waals surface area contributed by atoms with Gasteiger partial charge in [0.15, 0.2) is 0 Å². The Hall–Kier alpha value is -3.00. The standard InChI is InChI=1S/C28H29ClN2O4S/c1-34-20-6-8-25-23(16-20)24(18-31(25)17-21-7-9-27(29)36-21)19-10-12-30(13-11-19)14-15-35-26-5-3-2-4-22(26)28(32)33/h2-9,16,18-19H,10-15,17H2,1H3,(H,32,33). The number of thiophene rings is 1.